The first-order valence-electron chi connectivity index (χ1n) is 8.52. The Hall–Kier alpha value is -3.08. The highest BCUT2D eigenvalue weighted by Crippen LogP contribution is 2.20. The van der Waals surface area contributed by atoms with E-state index in [0.717, 1.165) is 16.7 Å². The molecule has 26 heavy (non-hydrogen) atoms. The lowest BCUT2D eigenvalue weighted by Crippen LogP contribution is -2.17. The Morgan fingerprint density at radius 1 is 1.08 bits per heavy atom. The van der Waals surface area contributed by atoms with Crippen molar-refractivity contribution in [3.8, 4) is 11.3 Å². The van der Waals surface area contributed by atoms with E-state index in [1.165, 1.54) is 12.1 Å². The number of nitrogens with zero attached hydrogens (tertiary/aromatic N) is 2. The molecule has 3 aromatic rings. The van der Waals surface area contributed by atoms with Gasteiger partial charge in [-0.2, -0.15) is 0 Å². The summed E-state index contributed by atoms with van der Waals surface area (Å²) in [5, 5.41) is 2.84. The minimum atomic E-state index is -0.294. The van der Waals surface area contributed by atoms with Gasteiger partial charge in [0.25, 0.3) is 0 Å². The highest BCUT2D eigenvalue weighted by Gasteiger charge is 2.11. The van der Waals surface area contributed by atoms with Gasteiger partial charge in [0, 0.05) is 5.56 Å². The van der Waals surface area contributed by atoms with E-state index in [0.29, 0.717) is 23.6 Å². The first kappa shape index (κ1) is 17.7. The summed E-state index contributed by atoms with van der Waals surface area (Å²) in [7, 11) is 0. The third-order valence-electron chi connectivity index (χ3n) is 4.06. The molecule has 0 unspecified atom stereocenters. The van der Waals surface area contributed by atoms with Crippen LogP contribution in [0.5, 0.6) is 0 Å². The van der Waals surface area contributed by atoms with Crippen LogP contribution in [0.4, 0.5) is 10.2 Å². The summed E-state index contributed by atoms with van der Waals surface area (Å²) in [4.78, 5) is 21.2. The average molecular weight is 349 g/mol. The van der Waals surface area contributed by atoms with Gasteiger partial charge in [-0.15, -0.1) is 0 Å². The molecule has 0 bridgehead atoms. The van der Waals surface area contributed by atoms with Crippen molar-refractivity contribution in [1.29, 1.82) is 0 Å². The quantitative estimate of drug-likeness (QED) is 0.746. The topological polar surface area (TPSA) is 54.9 Å². The first-order chi connectivity index (χ1) is 12.5. The lowest BCUT2D eigenvalue weighted by atomic mass is 10.1. The van der Waals surface area contributed by atoms with Gasteiger partial charge in [0.2, 0.25) is 5.91 Å². The smallest absolute Gasteiger partial charge is 0.229 e. The molecule has 132 valence electrons. The number of aromatic nitrogens is 2. The highest BCUT2D eigenvalue weighted by atomic mass is 19.1. The summed E-state index contributed by atoms with van der Waals surface area (Å²) in [5.41, 5.74) is 4.24. The molecule has 1 N–H and O–H groups in total. The van der Waals surface area contributed by atoms with Crippen molar-refractivity contribution < 1.29 is 9.18 Å². The van der Waals surface area contributed by atoms with E-state index in [4.69, 9.17) is 0 Å². The fourth-order valence-electron chi connectivity index (χ4n) is 2.61. The van der Waals surface area contributed by atoms with E-state index in [2.05, 4.69) is 15.3 Å². The molecule has 3 rings (SSSR count). The molecule has 4 nitrogen and oxygen atoms in total. The predicted molar refractivity (Wildman–Crippen MR) is 100 cm³/mol. The second-order valence-corrected chi connectivity index (χ2v) is 6.12. The summed E-state index contributed by atoms with van der Waals surface area (Å²) in [6.07, 6.45) is 2.50. The summed E-state index contributed by atoms with van der Waals surface area (Å²) in [6.45, 7) is 3.96. The van der Waals surface area contributed by atoms with Crippen LogP contribution in [0.15, 0.2) is 54.7 Å². The van der Waals surface area contributed by atoms with Crippen molar-refractivity contribution in [2.24, 2.45) is 0 Å². The number of hydrogen-bond donors (Lipinski definition) is 1. The van der Waals surface area contributed by atoms with E-state index >= 15 is 0 Å². The number of halogens is 1. The molecule has 1 amide bonds. The van der Waals surface area contributed by atoms with Crippen LogP contribution < -0.4 is 5.32 Å². The molecule has 5 heteroatoms. The molecule has 1 heterocycles. The molecular weight excluding hydrogens is 329 g/mol. The van der Waals surface area contributed by atoms with Crippen molar-refractivity contribution in [2.75, 3.05) is 5.32 Å². The van der Waals surface area contributed by atoms with Crippen molar-refractivity contribution in [3.63, 3.8) is 0 Å². The minimum Gasteiger partial charge on any atom is -0.309 e. The Balaban J connectivity index is 1.76. The Labute approximate surface area is 152 Å². The Morgan fingerprint density at radius 3 is 2.42 bits per heavy atom. The molecule has 1 aromatic heterocycles. The fourth-order valence-corrected chi connectivity index (χ4v) is 2.61. The number of hydrogen-bond acceptors (Lipinski definition) is 3. The minimum absolute atomic E-state index is 0.132. The second kappa shape index (κ2) is 7.87. The van der Waals surface area contributed by atoms with Crippen LogP contribution >= 0.6 is 0 Å². The second-order valence-electron chi connectivity index (χ2n) is 6.12. The number of benzene rings is 2. The maximum Gasteiger partial charge on any atom is 0.229 e. The molecule has 0 spiro atoms. The SMILES string of the molecule is CCc1nc(-c2ccc(F)cc2)cnc1NC(=O)Cc1ccc(C)cc1. The number of amides is 1. The van der Waals surface area contributed by atoms with E-state index in [1.807, 2.05) is 38.1 Å². The summed E-state index contributed by atoms with van der Waals surface area (Å²) >= 11 is 0. The predicted octanol–water partition coefficient (Wildman–Crippen LogP) is 4.33. The maximum absolute atomic E-state index is 13.1. The third-order valence-corrected chi connectivity index (χ3v) is 4.06. The standard InChI is InChI=1S/C21H20FN3O/c1-3-18-21(25-20(26)12-15-6-4-14(2)5-7-15)23-13-19(24-18)16-8-10-17(22)11-9-16/h4-11,13H,3,12H2,1-2H3,(H,23,25,26). The van der Waals surface area contributed by atoms with Crippen LogP contribution in [0.25, 0.3) is 11.3 Å². The van der Waals surface area contributed by atoms with Crippen LogP contribution in [0.2, 0.25) is 0 Å². The number of carbonyl (C=O) groups is 1. The molecule has 0 aliphatic heterocycles. The van der Waals surface area contributed by atoms with Gasteiger partial charge in [0.15, 0.2) is 5.82 Å². The van der Waals surface area contributed by atoms with Crippen LogP contribution in [0, 0.1) is 12.7 Å². The summed E-state index contributed by atoms with van der Waals surface area (Å²) < 4.78 is 13.1. The molecule has 0 atom stereocenters. The number of nitrogens with one attached hydrogen (secondary N) is 1. The number of carbonyl (C=O) groups excluding carboxylic acids is 1. The molecule has 2 aromatic carbocycles. The van der Waals surface area contributed by atoms with Gasteiger partial charge in [-0.05, 0) is 43.2 Å². The van der Waals surface area contributed by atoms with Crippen LogP contribution in [-0.4, -0.2) is 15.9 Å². The van der Waals surface area contributed by atoms with Gasteiger partial charge in [-0.25, -0.2) is 14.4 Å². The zero-order chi connectivity index (χ0) is 18.5. The van der Waals surface area contributed by atoms with Crippen molar-refractivity contribution in [2.45, 2.75) is 26.7 Å². The normalized spacial score (nSPS) is 10.6. The molecule has 0 radical (unpaired) electrons. The molecule has 0 saturated carbocycles. The van der Waals surface area contributed by atoms with Crippen molar-refractivity contribution in [1.82, 2.24) is 9.97 Å². The van der Waals surface area contributed by atoms with Crippen molar-refractivity contribution in [3.05, 3.63) is 77.4 Å². The van der Waals surface area contributed by atoms with E-state index in [9.17, 15) is 9.18 Å². The largest absolute Gasteiger partial charge is 0.309 e. The van der Waals surface area contributed by atoms with E-state index < -0.39 is 0 Å². The lowest BCUT2D eigenvalue weighted by Gasteiger charge is -2.10. The van der Waals surface area contributed by atoms with Crippen LogP contribution in [0.3, 0.4) is 0 Å². The van der Waals surface area contributed by atoms with Gasteiger partial charge < -0.3 is 5.32 Å². The molecule has 0 aliphatic rings. The molecule has 0 aliphatic carbocycles. The molecule has 0 saturated heterocycles. The average Bonchev–Trinajstić information content (AvgIpc) is 2.64. The Morgan fingerprint density at radius 2 is 1.77 bits per heavy atom. The van der Waals surface area contributed by atoms with E-state index in [-0.39, 0.29) is 18.1 Å². The molecular formula is C21H20FN3O. The van der Waals surface area contributed by atoms with Crippen molar-refractivity contribution >= 4 is 11.7 Å². The summed E-state index contributed by atoms with van der Waals surface area (Å²) in [6, 6.07) is 14.0. The van der Waals surface area contributed by atoms with Gasteiger partial charge in [0.1, 0.15) is 5.82 Å². The van der Waals surface area contributed by atoms with E-state index in [1.54, 1.807) is 18.3 Å². The van der Waals surface area contributed by atoms with Gasteiger partial charge in [-0.1, -0.05) is 36.8 Å². The number of anilines is 1. The number of aryl methyl sites for hydroxylation is 2. The van der Waals surface area contributed by atoms with Gasteiger partial charge in [0.05, 0.1) is 24.0 Å². The Kier molecular flexibility index (Phi) is 5.37. The monoisotopic (exact) mass is 349 g/mol. The van der Waals surface area contributed by atoms with Crippen LogP contribution in [-0.2, 0) is 17.6 Å². The first-order valence-corrected chi connectivity index (χ1v) is 8.52. The fraction of sp³-hybridized carbons (Fsp3) is 0.190. The number of rotatable bonds is 5. The zero-order valence-corrected chi connectivity index (χ0v) is 14.8. The lowest BCUT2D eigenvalue weighted by molar-refractivity contribution is -0.115. The highest BCUT2D eigenvalue weighted by molar-refractivity contribution is 5.91. The Bertz CT molecular complexity index is 906. The van der Waals surface area contributed by atoms with Gasteiger partial charge >= 0.3 is 0 Å². The third kappa shape index (κ3) is 4.30. The molecule has 0 fully saturated rings. The maximum atomic E-state index is 13.1. The van der Waals surface area contributed by atoms with Crippen LogP contribution in [0.1, 0.15) is 23.7 Å². The van der Waals surface area contributed by atoms with Gasteiger partial charge in [-0.3, -0.25) is 4.79 Å². The zero-order valence-electron chi connectivity index (χ0n) is 14.8. The summed E-state index contributed by atoms with van der Waals surface area (Å²) in [5.74, 6) is 0.0419.